The predicted octanol–water partition coefficient (Wildman–Crippen LogP) is 1.78. The third kappa shape index (κ3) is 3.36. The molecule has 1 aromatic carbocycles. The molecule has 0 saturated carbocycles. The van der Waals surface area contributed by atoms with Gasteiger partial charge in [-0.15, -0.1) is 0 Å². The van der Waals surface area contributed by atoms with Crippen LogP contribution in [0.15, 0.2) is 18.2 Å². The van der Waals surface area contributed by atoms with Gasteiger partial charge in [0.2, 0.25) is 0 Å². The molecule has 1 aromatic rings. The number of nitrogens with one attached hydrogen (secondary N) is 1. The summed E-state index contributed by atoms with van der Waals surface area (Å²) in [6.45, 7) is 5.06. The third-order valence-electron chi connectivity index (χ3n) is 4.33. The number of rotatable bonds is 3. The molecule has 114 valence electrons. The molecule has 5 nitrogen and oxygen atoms in total. The van der Waals surface area contributed by atoms with E-state index in [1.54, 1.807) is 0 Å². The minimum absolute atomic E-state index is 0.0564. The van der Waals surface area contributed by atoms with Gasteiger partial charge in [0.1, 0.15) is 5.75 Å². The zero-order valence-electron chi connectivity index (χ0n) is 12.3. The van der Waals surface area contributed by atoms with Crippen LogP contribution in [0.2, 0.25) is 0 Å². The summed E-state index contributed by atoms with van der Waals surface area (Å²) >= 11 is 0. The van der Waals surface area contributed by atoms with E-state index in [0.717, 1.165) is 24.6 Å². The molecule has 0 spiro atoms. The van der Waals surface area contributed by atoms with E-state index in [0.29, 0.717) is 18.0 Å². The molecule has 2 aliphatic heterocycles. The molecule has 1 atom stereocenters. The van der Waals surface area contributed by atoms with Gasteiger partial charge in [0, 0.05) is 6.54 Å². The first-order valence-electron chi connectivity index (χ1n) is 7.59. The molecule has 0 aliphatic carbocycles. The molecule has 0 aromatic heterocycles. The Hall–Kier alpha value is -1.59. The van der Waals surface area contributed by atoms with E-state index in [9.17, 15) is 9.90 Å². The van der Waals surface area contributed by atoms with Crippen LogP contribution in [0.3, 0.4) is 0 Å². The number of ether oxygens (including phenoxy) is 1. The van der Waals surface area contributed by atoms with Gasteiger partial charge in [0.25, 0.3) is 5.91 Å². The van der Waals surface area contributed by atoms with Gasteiger partial charge in [-0.2, -0.15) is 0 Å². The number of fused-ring (bicyclic) bond motifs is 1. The lowest BCUT2D eigenvalue weighted by atomic mass is 9.98. The highest BCUT2D eigenvalue weighted by Gasteiger charge is 2.21. The SMILES string of the molecule is CC1CCN(CC(O)c2ccc3c(c2)NC(=O)CO3)CC1. The van der Waals surface area contributed by atoms with Crippen molar-refractivity contribution in [2.45, 2.75) is 25.9 Å². The standard InChI is InChI=1S/C16H22N2O3/c1-11-4-6-18(7-5-11)9-14(19)12-2-3-15-13(8-12)17-16(20)10-21-15/h2-3,8,11,14,19H,4-7,9-10H2,1H3,(H,17,20). The second-order valence-corrected chi connectivity index (χ2v) is 6.09. The molecule has 2 aliphatic rings. The van der Waals surface area contributed by atoms with Gasteiger partial charge in [-0.25, -0.2) is 0 Å². The van der Waals surface area contributed by atoms with Crippen molar-refractivity contribution >= 4 is 11.6 Å². The highest BCUT2D eigenvalue weighted by Crippen LogP contribution is 2.31. The number of benzene rings is 1. The Labute approximate surface area is 124 Å². The van der Waals surface area contributed by atoms with E-state index >= 15 is 0 Å². The minimum Gasteiger partial charge on any atom is -0.482 e. The average molecular weight is 290 g/mol. The van der Waals surface area contributed by atoms with E-state index in [2.05, 4.69) is 17.1 Å². The third-order valence-corrected chi connectivity index (χ3v) is 4.33. The Morgan fingerprint density at radius 1 is 1.43 bits per heavy atom. The number of carbonyl (C=O) groups excluding carboxylic acids is 1. The predicted molar refractivity (Wildman–Crippen MR) is 80.4 cm³/mol. The van der Waals surface area contributed by atoms with Crippen LogP contribution in [0.4, 0.5) is 5.69 Å². The summed E-state index contributed by atoms with van der Waals surface area (Å²) in [6, 6.07) is 5.49. The van der Waals surface area contributed by atoms with Crippen molar-refractivity contribution in [2.75, 3.05) is 31.6 Å². The molecule has 21 heavy (non-hydrogen) atoms. The molecule has 0 radical (unpaired) electrons. The van der Waals surface area contributed by atoms with Crippen LogP contribution in [0.1, 0.15) is 31.4 Å². The molecular weight excluding hydrogens is 268 g/mol. The number of amides is 1. The smallest absolute Gasteiger partial charge is 0.262 e. The summed E-state index contributed by atoms with van der Waals surface area (Å²) in [6.07, 6.45) is 1.85. The summed E-state index contributed by atoms with van der Waals surface area (Å²) in [7, 11) is 0. The van der Waals surface area contributed by atoms with Crippen LogP contribution in [0.25, 0.3) is 0 Å². The number of nitrogens with zero attached hydrogens (tertiary/aromatic N) is 1. The molecular formula is C16H22N2O3. The summed E-state index contributed by atoms with van der Waals surface area (Å²) in [5, 5.41) is 13.2. The second kappa shape index (κ2) is 6.03. The number of β-amino-alcohol motifs (C(OH)–C–C–N with tert-alkyl or cyclic N) is 1. The number of piperidine rings is 1. The maximum absolute atomic E-state index is 11.3. The first-order chi connectivity index (χ1) is 10.1. The molecule has 0 bridgehead atoms. The zero-order chi connectivity index (χ0) is 14.8. The topological polar surface area (TPSA) is 61.8 Å². The van der Waals surface area contributed by atoms with Gasteiger partial charge in [-0.1, -0.05) is 13.0 Å². The quantitative estimate of drug-likeness (QED) is 0.891. The van der Waals surface area contributed by atoms with Crippen LogP contribution < -0.4 is 10.1 Å². The minimum atomic E-state index is -0.539. The molecule has 2 heterocycles. The Morgan fingerprint density at radius 3 is 2.95 bits per heavy atom. The van der Waals surface area contributed by atoms with E-state index in [1.165, 1.54) is 12.8 Å². The molecule has 1 amide bonds. The molecule has 3 rings (SSSR count). The van der Waals surface area contributed by atoms with Gasteiger partial charge in [-0.05, 0) is 49.5 Å². The molecule has 2 N–H and O–H groups in total. The van der Waals surface area contributed by atoms with E-state index < -0.39 is 6.10 Å². The van der Waals surface area contributed by atoms with E-state index in [1.807, 2.05) is 18.2 Å². The number of aliphatic hydroxyl groups is 1. The van der Waals surface area contributed by atoms with Gasteiger partial charge in [-0.3, -0.25) is 4.79 Å². The summed E-state index contributed by atoms with van der Waals surface area (Å²) in [5.41, 5.74) is 1.47. The van der Waals surface area contributed by atoms with E-state index in [4.69, 9.17) is 4.74 Å². The van der Waals surface area contributed by atoms with Crippen LogP contribution in [0, 0.1) is 5.92 Å². The Morgan fingerprint density at radius 2 is 2.19 bits per heavy atom. The number of hydrogen-bond acceptors (Lipinski definition) is 4. The van der Waals surface area contributed by atoms with Crippen molar-refractivity contribution in [2.24, 2.45) is 5.92 Å². The Bertz CT molecular complexity index is 524. The largest absolute Gasteiger partial charge is 0.482 e. The van der Waals surface area contributed by atoms with Crippen molar-refractivity contribution in [1.82, 2.24) is 4.90 Å². The fourth-order valence-electron chi connectivity index (χ4n) is 2.90. The fraction of sp³-hybridized carbons (Fsp3) is 0.562. The van der Waals surface area contributed by atoms with Crippen LogP contribution in [-0.2, 0) is 4.79 Å². The van der Waals surface area contributed by atoms with E-state index in [-0.39, 0.29) is 12.5 Å². The monoisotopic (exact) mass is 290 g/mol. The first-order valence-corrected chi connectivity index (χ1v) is 7.59. The molecule has 5 heteroatoms. The number of aliphatic hydroxyl groups excluding tert-OH is 1. The summed E-state index contributed by atoms with van der Waals surface area (Å²) in [4.78, 5) is 13.7. The molecule has 1 unspecified atom stereocenters. The number of likely N-dealkylation sites (tertiary alicyclic amines) is 1. The maximum Gasteiger partial charge on any atom is 0.262 e. The van der Waals surface area contributed by atoms with Crippen LogP contribution in [-0.4, -0.2) is 42.2 Å². The lowest BCUT2D eigenvalue weighted by molar-refractivity contribution is -0.118. The highest BCUT2D eigenvalue weighted by atomic mass is 16.5. The van der Waals surface area contributed by atoms with Gasteiger partial charge in [0.15, 0.2) is 6.61 Å². The maximum atomic E-state index is 11.3. The summed E-state index contributed by atoms with van der Waals surface area (Å²) in [5.74, 6) is 1.30. The molecule has 1 fully saturated rings. The van der Waals surface area contributed by atoms with Crippen molar-refractivity contribution in [3.63, 3.8) is 0 Å². The van der Waals surface area contributed by atoms with Crippen LogP contribution in [0.5, 0.6) is 5.75 Å². The normalized spacial score (nSPS) is 21.3. The summed E-state index contributed by atoms with van der Waals surface area (Å²) < 4.78 is 5.33. The van der Waals surface area contributed by atoms with Gasteiger partial charge >= 0.3 is 0 Å². The van der Waals surface area contributed by atoms with Crippen LogP contribution >= 0.6 is 0 Å². The Balaban J connectivity index is 1.66. The van der Waals surface area contributed by atoms with Crippen molar-refractivity contribution < 1.29 is 14.6 Å². The zero-order valence-corrected chi connectivity index (χ0v) is 12.3. The second-order valence-electron chi connectivity index (χ2n) is 6.09. The van der Waals surface area contributed by atoms with Crippen molar-refractivity contribution in [1.29, 1.82) is 0 Å². The van der Waals surface area contributed by atoms with Crippen molar-refractivity contribution in [3.05, 3.63) is 23.8 Å². The first kappa shape index (κ1) is 14.4. The lowest BCUT2D eigenvalue weighted by Gasteiger charge is -2.31. The fourth-order valence-corrected chi connectivity index (χ4v) is 2.90. The number of anilines is 1. The number of carbonyl (C=O) groups is 1. The van der Waals surface area contributed by atoms with Gasteiger partial charge < -0.3 is 20.1 Å². The Kier molecular flexibility index (Phi) is 4.12. The highest BCUT2D eigenvalue weighted by molar-refractivity contribution is 5.95. The average Bonchev–Trinajstić information content (AvgIpc) is 2.48. The molecule has 1 saturated heterocycles. The number of hydrogen-bond donors (Lipinski definition) is 2. The lowest BCUT2D eigenvalue weighted by Crippen LogP contribution is -2.36. The van der Waals surface area contributed by atoms with Gasteiger partial charge in [0.05, 0.1) is 11.8 Å². The van der Waals surface area contributed by atoms with Crippen molar-refractivity contribution in [3.8, 4) is 5.75 Å².